The van der Waals surface area contributed by atoms with E-state index in [0.717, 1.165) is 12.8 Å². The Kier molecular flexibility index (Phi) is 4.97. The van der Waals surface area contributed by atoms with Gasteiger partial charge in [-0.2, -0.15) is 0 Å². The van der Waals surface area contributed by atoms with E-state index in [1.165, 1.54) is 24.3 Å². The maximum Gasteiger partial charge on any atom is 0.328 e. The second-order valence-electron chi connectivity index (χ2n) is 4.78. The smallest absolute Gasteiger partial charge is 0.328 e. The molecule has 7 nitrogen and oxygen atoms in total. The number of nitrogens with zero attached hydrogens (tertiary/aromatic N) is 1. The summed E-state index contributed by atoms with van der Waals surface area (Å²) in [7, 11) is 1.30. The molecule has 0 saturated carbocycles. The van der Waals surface area contributed by atoms with Crippen LogP contribution in [-0.2, 0) is 14.3 Å². The zero-order valence-electron chi connectivity index (χ0n) is 11.8. The lowest BCUT2D eigenvalue weighted by Crippen LogP contribution is -2.51. The minimum absolute atomic E-state index is 0.144. The van der Waals surface area contributed by atoms with Crippen molar-refractivity contribution in [3.63, 3.8) is 0 Å². The quantitative estimate of drug-likeness (QED) is 0.820. The van der Waals surface area contributed by atoms with Gasteiger partial charge in [0.1, 0.15) is 6.04 Å². The lowest BCUT2D eigenvalue weighted by molar-refractivity contribution is -0.154. The fourth-order valence-corrected chi connectivity index (χ4v) is 2.36. The second-order valence-corrected chi connectivity index (χ2v) is 4.78. The molecule has 0 radical (unpaired) electrons. The Labute approximate surface area is 122 Å². The topological polar surface area (TPSA) is 88.9 Å². The molecule has 21 heavy (non-hydrogen) atoms. The maximum absolute atomic E-state index is 12.2. The summed E-state index contributed by atoms with van der Waals surface area (Å²) in [6.07, 6.45) is 3.69. The molecule has 1 atom stereocenters. The molecule has 0 aliphatic carbocycles. The summed E-state index contributed by atoms with van der Waals surface area (Å²) in [5.74, 6) is -1.03. The van der Waals surface area contributed by atoms with Crippen LogP contribution in [0, 0.1) is 0 Å². The predicted octanol–water partition coefficient (Wildman–Crippen LogP) is 0.564. The molecule has 7 heteroatoms. The normalized spacial score (nSPS) is 18.1. The molecule has 1 saturated heterocycles. The number of likely N-dealkylation sites (tertiary alicyclic amines) is 1. The number of carbonyl (C=O) groups excluding carboxylic acids is 3. The lowest BCUT2D eigenvalue weighted by atomic mass is 10.0. The minimum Gasteiger partial charge on any atom is -0.467 e. The third-order valence-electron chi connectivity index (χ3n) is 3.44. The molecule has 1 aromatic heterocycles. The van der Waals surface area contributed by atoms with Crippen molar-refractivity contribution in [3.8, 4) is 0 Å². The Balaban J connectivity index is 1.92. The van der Waals surface area contributed by atoms with Gasteiger partial charge in [0.2, 0.25) is 5.91 Å². The molecule has 114 valence electrons. The average molecular weight is 294 g/mol. The fraction of sp³-hybridized carbons (Fsp3) is 0.500. The highest BCUT2D eigenvalue weighted by Gasteiger charge is 2.32. The Morgan fingerprint density at radius 3 is 2.90 bits per heavy atom. The number of piperidine rings is 1. The maximum atomic E-state index is 12.2. The van der Waals surface area contributed by atoms with E-state index < -0.39 is 17.9 Å². The van der Waals surface area contributed by atoms with Gasteiger partial charge in [0.15, 0.2) is 5.76 Å². The first-order chi connectivity index (χ1) is 10.1. The summed E-state index contributed by atoms with van der Waals surface area (Å²) in [5.41, 5.74) is 0. The third-order valence-corrected chi connectivity index (χ3v) is 3.44. The molecule has 0 unspecified atom stereocenters. The van der Waals surface area contributed by atoms with E-state index in [1.807, 2.05) is 0 Å². The van der Waals surface area contributed by atoms with Gasteiger partial charge in [0, 0.05) is 6.54 Å². The van der Waals surface area contributed by atoms with Crippen LogP contribution in [-0.4, -0.2) is 48.9 Å². The minimum atomic E-state index is -0.559. The molecular weight excluding hydrogens is 276 g/mol. The molecule has 0 bridgehead atoms. The predicted molar refractivity (Wildman–Crippen MR) is 72.4 cm³/mol. The van der Waals surface area contributed by atoms with Crippen molar-refractivity contribution in [3.05, 3.63) is 24.2 Å². The number of nitrogens with one attached hydrogen (secondary N) is 1. The van der Waals surface area contributed by atoms with Crippen molar-refractivity contribution >= 4 is 17.8 Å². The molecule has 0 spiro atoms. The molecule has 1 N–H and O–H groups in total. The SMILES string of the molecule is COC(=O)[C@H]1CCCCN1C(=O)CNC(=O)c1ccco1. The zero-order chi connectivity index (χ0) is 15.2. The van der Waals surface area contributed by atoms with Crippen molar-refractivity contribution < 1.29 is 23.5 Å². The van der Waals surface area contributed by atoms with E-state index in [1.54, 1.807) is 6.07 Å². The third kappa shape index (κ3) is 3.62. The monoisotopic (exact) mass is 294 g/mol. The first-order valence-electron chi connectivity index (χ1n) is 6.82. The van der Waals surface area contributed by atoms with Gasteiger partial charge in [-0.1, -0.05) is 0 Å². The van der Waals surface area contributed by atoms with Crippen molar-refractivity contribution in [2.45, 2.75) is 25.3 Å². The number of methoxy groups -OCH3 is 1. The number of carbonyl (C=O) groups is 3. The van der Waals surface area contributed by atoms with Gasteiger partial charge in [0.25, 0.3) is 5.91 Å². The first kappa shape index (κ1) is 15.1. The van der Waals surface area contributed by atoms with Crippen LogP contribution in [0.25, 0.3) is 0 Å². The molecule has 1 fully saturated rings. The van der Waals surface area contributed by atoms with Crippen LogP contribution in [0.2, 0.25) is 0 Å². The molecule has 1 aliphatic rings. The lowest BCUT2D eigenvalue weighted by Gasteiger charge is -2.33. The number of hydrogen-bond donors (Lipinski definition) is 1. The van der Waals surface area contributed by atoms with Gasteiger partial charge in [-0.15, -0.1) is 0 Å². The van der Waals surface area contributed by atoms with E-state index >= 15 is 0 Å². The Bertz CT molecular complexity index is 511. The molecule has 0 aromatic carbocycles. The van der Waals surface area contributed by atoms with E-state index in [0.29, 0.717) is 13.0 Å². The highest BCUT2D eigenvalue weighted by Crippen LogP contribution is 2.18. The fourth-order valence-electron chi connectivity index (χ4n) is 2.36. The van der Waals surface area contributed by atoms with Crippen molar-refractivity contribution in [1.29, 1.82) is 0 Å². The average Bonchev–Trinajstić information content (AvgIpc) is 3.06. The van der Waals surface area contributed by atoms with Crippen LogP contribution in [0.3, 0.4) is 0 Å². The van der Waals surface area contributed by atoms with Crippen LogP contribution in [0.15, 0.2) is 22.8 Å². The summed E-state index contributed by atoms with van der Waals surface area (Å²) in [5, 5.41) is 2.48. The molecule has 2 rings (SSSR count). The Morgan fingerprint density at radius 2 is 2.24 bits per heavy atom. The summed E-state index contributed by atoms with van der Waals surface area (Å²) in [6, 6.07) is 2.55. The number of amides is 2. The molecule has 2 amide bonds. The van der Waals surface area contributed by atoms with Gasteiger partial charge in [-0.05, 0) is 31.4 Å². The number of rotatable bonds is 4. The number of esters is 1. The zero-order valence-corrected chi connectivity index (χ0v) is 11.8. The van der Waals surface area contributed by atoms with E-state index in [2.05, 4.69) is 5.32 Å². The summed E-state index contributed by atoms with van der Waals surface area (Å²) in [4.78, 5) is 37.0. The highest BCUT2D eigenvalue weighted by atomic mass is 16.5. The molecular formula is C14H18N2O5. The summed E-state index contributed by atoms with van der Waals surface area (Å²) >= 11 is 0. The summed E-state index contributed by atoms with van der Waals surface area (Å²) < 4.78 is 9.66. The highest BCUT2D eigenvalue weighted by molar-refractivity contribution is 5.94. The Hall–Kier alpha value is -2.31. The molecule has 2 heterocycles. The van der Waals surface area contributed by atoms with E-state index in [9.17, 15) is 14.4 Å². The van der Waals surface area contributed by atoms with Gasteiger partial charge in [0.05, 0.1) is 19.9 Å². The molecule has 1 aliphatic heterocycles. The van der Waals surface area contributed by atoms with E-state index in [4.69, 9.17) is 9.15 Å². The van der Waals surface area contributed by atoms with Crippen molar-refractivity contribution in [2.75, 3.05) is 20.2 Å². The standard InChI is InChI=1S/C14H18N2O5/c1-20-14(19)10-5-2-3-7-16(10)12(17)9-15-13(18)11-6-4-8-21-11/h4,6,8,10H,2-3,5,7,9H2,1H3,(H,15,18)/t10-/m1/s1. The van der Waals surface area contributed by atoms with Gasteiger partial charge < -0.3 is 19.4 Å². The number of hydrogen-bond acceptors (Lipinski definition) is 5. The first-order valence-corrected chi connectivity index (χ1v) is 6.82. The van der Waals surface area contributed by atoms with Crippen LogP contribution in [0.1, 0.15) is 29.8 Å². The van der Waals surface area contributed by atoms with Crippen molar-refractivity contribution in [1.82, 2.24) is 10.2 Å². The van der Waals surface area contributed by atoms with Crippen LogP contribution < -0.4 is 5.32 Å². The number of furan rings is 1. The second kappa shape index (κ2) is 6.92. The van der Waals surface area contributed by atoms with Crippen LogP contribution >= 0.6 is 0 Å². The van der Waals surface area contributed by atoms with Gasteiger partial charge in [-0.3, -0.25) is 9.59 Å². The number of ether oxygens (including phenoxy) is 1. The van der Waals surface area contributed by atoms with Crippen LogP contribution in [0.5, 0.6) is 0 Å². The van der Waals surface area contributed by atoms with E-state index in [-0.39, 0.29) is 18.2 Å². The van der Waals surface area contributed by atoms with Gasteiger partial charge in [-0.25, -0.2) is 4.79 Å². The van der Waals surface area contributed by atoms with Crippen LogP contribution in [0.4, 0.5) is 0 Å². The van der Waals surface area contributed by atoms with Gasteiger partial charge >= 0.3 is 5.97 Å². The Morgan fingerprint density at radius 1 is 1.43 bits per heavy atom. The largest absolute Gasteiger partial charge is 0.467 e. The van der Waals surface area contributed by atoms with Crippen molar-refractivity contribution in [2.24, 2.45) is 0 Å². The summed E-state index contributed by atoms with van der Waals surface area (Å²) in [6.45, 7) is 0.322. The molecule has 1 aromatic rings.